The standard InChI is InChI=1S/C34H31N7/c1-22-11-10-12-25(21-22)35-32-34-37-33-30(23(2)38-41(33)27-13-6-5-7-14-27)31(24-17-19-26(20-18-24)39(3)4)40(34)29-16-9-8-15-28(29)36-32/h5-21,31H,1-4H3,(H,35,36). The summed E-state index contributed by atoms with van der Waals surface area (Å²) in [6.45, 7) is 4.17. The van der Waals surface area contributed by atoms with Crippen LogP contribution in [0.15, 0.2) is 113 Å². The van der Waals surface area contributed by atoms with E-state index in [1.807, 2.05) is 28.9 Å². The van der Waals surface area contributed by atoms with Gasteiger partial charge in [-0.2, -0.15) is 5.10 Å². The Labute approximate surface area is 240 Å². The van der Waals surface area contributed by atoms with Crippen molar-refractivity contribution in [1.29, 1.82) is 0 Å². The summed E-state index contributed by atoms with van der Waals surface area (Å²) in [6, 6.07) is 35.4. The lowest BCUT2D eigenvalue weighted by Crippen LogP contribution is -2.46. The second-order valence-electron chi connectivity index (χ2n) is 10.7. The molecule has 0 saturated heterocycles. The van der Waals surface area contributed by atoms with E-state index >= 15 is 0 Å². The summed E-state index contributed by atoms with van der Waals surface area (Å²) < 4.78 is 1.96. The fourth-order valence-electron chi connectivity index (χ4n) is 5.68. The van der Waals surface area contributed by atoms with E-state index in [1.165, 1.54) is 5.56 Å². The summed E-state index contributed by atoms with van der Waals surface area (Å²) in [5, 5.41) is 8.63. The highest BCUT2D eigenvalue weighted by Gasteiger charge is 2.41. The smallest absolute Gasteiger partial charge is 0.179 e. The van der Waals surface area contributed by atoms with Crippen LogP contribution in [0, 0.1) is 13.8 Å². The Bertz CT molecular complexity index is 1810. The summed E-state index contributed by atoms with van der Waals surface area (Å²) in [4.78, 5) is 14.9. The van der Waals surface area contributed by atoms with Gasteiger partial charge in [-0.25, -0.2) is 14.7 Å². The first kappa shape index (κ1) is 24.8. The minimum Gasteiger partial charge on any atom is -0.378 e. The molecule has 7 heteroatoms. The van der Waals surface area contributed by atoms with Crippen molar-refractivity contribution in [3.05, 3.63) is 126 Å². The Morgan fingerprint density at radius 2 is 1.54 bits per heavy atom. The van der Waals surface area contributed by atoms with Crippen LogP contribution in [0.5, 0.6) is 0 Å². The topological polar surface area (TPSA) is 61.1 Å². The van der Waals surface area contributed by atoms with E-state index in [2.05, 4.69) is 122 Å². The lowest BCUT2D eigenvalue weighted by Gasteiger charge is -2.40. The van der Waals surface area contributed by atoms with Gasteiger partial charge in [0.1, 0.15) is 0 Å². The monoisotopic (exact) mass is 537 g/mol. The van der Waals surface area contributed by atoms with Crippen molar-refractivity contribution in [2.75, 3.05) is 29.2 Å². The van der Waals surface area contributed by atoms with Gasteiger partial charge in [0.25, 0.3) is 0 Å². The van der Waals surface area contributed by atoms with Crippen molar-refractivity contribution in [2.45, 2.75) is 19.9 Å². The van der Waals surface area contributed by atoms with Crippen molar-refractivity contribution < 1.29 is 0 Å². The average molecular weight is 538 g/mol. The maximum atomic E-state index is 5.33. The third kappa shape index (κ3) is 4.26. The Morgan fingerprint density at radius 3 is 2.29 bits per heavy atom. The van der Waals surface area contributed by atoms with Crippen LogP contribution in [-0.4, -0.2) is 35.5 Å². The van der Waals surface area contributed by atoms with Gasteiger partial charge in [0, 0.05) is 31.0 Å². The van der Waals surface area contributed by atoms with E-state index in [0.29, 0.717) is 5.84 Å². The minimum absolute atomic E-state index is 0.155. The molecule has 0 amide bonds. The van der Waals surface area contributed by atoms with Crippen LogP contribution < -0.4 is 15.1 Å². The predicted molar refractivity (Wildman–Crippen MR) is 169 cm³/mol. The molecule has 2 aliphatic heterocycles. The van der Waals surface area contributed by atoms with Gasteiger partial charge in [0.05, 0.1) is 28.8 Å². The Morgan fingerprint density at radius 1 is 0.780 bits per heavy atom. The second-order valence-corrected chi connectivity index (χ2v) is 10.7. The van der Waals surface area contributed by atoms with Crippen LogP contribution in [0.1, 0.15) is 28.4 Å². The highest BCUT2D eigenvalue weighted by molar-refractivity contribution is 6.51. The summed E-state index contributed by atoms with van der Waals surface area (Å²) in [6.07, 6.45) is 0. The molecule has 2 aliphatic rings. The number of para-hydroxylation sites is 3. The van der Waals surface area contributed by atoms with E-state index in [0.717, 1.165) is 56.9 Å². The van der Waals surface area contributed by atoms with E-state index in [9.17, 15) is 0 Å². The summed E-state index contributed by atoms with van der Waals surface area (Å²) in [5.74, 6) is 2.28. The predicted octanol–water partition coefficient (Wildman–Crippen LogP) is 7.35. The number of anilines is 3. The molecule has 0 bridgehead atoms. The molecule has 41 heavy (non-hydrogen) atoms. The molecule has 7 nitrogen and oxygen atoms in total. The quantitative estimate of drug-likeness (QED) is 0.260. The molecule has 1 atom stereocenters. The molecule has 5 aromatic rings. The first-order chi connectivity index (χ1) is 20.0. The fourth-order valence-corrected chi connectivity index (χ4v) is 5.68. The van der Waals surface area contributed by atoms with E-state index in [-0.39, 0.29) is 6.04 Å². The molecule has 0 aliphatic carbocycles. The maximum absolute atomic E-state index is 5.33. The normalized spacial score (nSPS) is 15.3. The minimum atomic E-state index is -0.155. The first-order valence-corrected chi connectivity index (χ1v) is 13.8. The number of aromatic nitrogens is 2. The third-order valence-electron chi connectivity index (χ3n) is 7.65. The molecular weight excluding hydrogens is 506 g/mol. The van der Waals surface area contributed by atoms with Crippen LogP contribution in [0.2, 0.25) is 0 Å². The molecule has 7 rings (SSSR count). The largest absolute Gasteiger partial charge is 0.378 e. The number of nitrogens with one attached hydrogen (secondary N) is 1. The lowest BCUT2D eigenvalue weighted by molar-refractivity contribution is 0.815. The molecule has 202 valence electrons. The molecule has 4 aromatic carbocycles. The number of rotatable bonds is 4. The zero-order valence-corrected chi connectivity index (χ0v) is 23.6. The van der Waals surface area contributed by atoms with Crippen LogP contribution >= 0.6 is 0 Å². The second kappa shape index (κ2) is 9.78. The number of fused-ring (bicyclic) bond motifs is 4. The van der Waals surface area contributed by atoms with Crippen molar-refractivity contribution in [3.8, 4) is 5.69 Å². The lowest BCUT2D eigenvalue weighted by atomic mass is 9.93. The molecule has 1 N–H and O–H groups in total. The maximum Gasteiger partial charge on any atom is 0.179 e. The zero-order valence-electron chi connectivity index (χ0n) is 23.6. The number of amidine groups is 2. The fraction of sp³-hybridized carbons (Fsp3) is 0.147. The summed E-state index contributed by atoms with van der Waals surface area (Å²) in [5.41, 5.74) is 9.36. The van der Waals surface area contributed by atoms with Crippen molar-refractivity contribution >= 4 is 40.2 Å². The van der Waals surface area contributed by atoms with Crippen LogP contribution in [0.3, 0.4) is 0 Å². The first-order valence-electron chi connectivity index (χ1n) is 13.8. The Kier molecular flexibility index (Phi) is 5.93. The van der Waals surface area contributed by atoms with Crippen molar-refractivity contribution in [3.63, 3.8) is 0 Å². The van der Waals surface area contributed by atoms with Gasteiger partial charge in [-0.3, -0.25) is 0 Å². The third-order valence-corrected chi connectivity index (χ3v) is 7.65. The number of nitrogens with zero attached hydrogens (tertiary/aromatic N) is 6. The van der Waals surface area contributed by atoms with E-state index in [1.54, 1.807) is 0 Å². The van der Waals surface area contributed by atoms with Crippen molar-refractivity contribution in [2.24, 2.45) is 9.98 Å². The van der Waals surface area contributed by atoms with Crippen LogP contribution in [-0.2, 0) is 0 Å². The summed E-state index contributed by atoms with van der Waals surface area (Å²) >= 11 is 0. The van der Waals surface area contributed by atoms with Gasteiger partial charge in [-0.15, -0.1) is 0 Å². The molecule has 3 heterocycles. The van der Waals surface area contributed by atoms with Gasteiger partial charge in [0.15, 0.2) is 17.5 Å². The zero-order chi connectivity index (χ0) is 28.1. The number of hydrogen-bond donors (Lipinski definition) is 1. The number of benzene rings is 4. The Hall–Kier alpha value is -5.17. The van der Waals surface area contributed by atoms with E-state index in [4.69, 9.17) is 15.1 Å². The highest BCUT2D eigenvalue weighted by Crippen LogP contribution is 2.48. The number of aliphatic imine (C=N–C) groups is 2. The molecule has 0 spiro atoms. The molecular formula is C34H31N7. The SMILES string of the molecule is Cc1cccc(NC2=Nc3ccccc3N3C2=Nc2c(c(C)nn2-c2ccccc2)C3c2ccc(N(C)C)cc2)c1. The Balaban J connectivity index is 1.48. The van der Waals surface area contributed by atoms with Crippen LogP contribution in [0.25, 0.3) is 5.69 Å². The molecule has 1 aromatic heterocycles. The van der Waals surface area contributed by atoms with Gasteiger partial charge in [0.2, 0.25) is 0 Å². The van der Waals surface area contributed by atoms with Crippen molar-refractivity contribution in [1.82, 2.24) is 9.78 Å². The molecule has 0 saturated carbocycles. The summed E-state index contributed by atoms with van der Waals surface area (Å²) in [7, 11) is 4.13. The molecule has 1 unspecified atom stereocenters. The number of aryl methyl sites for hydroxylation is 2. The van der Waals surface area contributed by atoms with E-state index < -0.39 is 0 Å². The average Bonchev–Trinajstić information content (AvgIpc) is 3.32. The number of hydrogen-bond acceptors (Lipinski definition) is 6. The van der Waals surface area contributed by atoms with Gasteiger partial charge in [-0.05, 0) is 73.5 Å². The van der Waals surface area contributed by atoms with Gasteiger partial charge in [-0.1, -0.05) is 54.6 Å². The molecule has 0 fully saturated rings. The van der Waals surface area contributed by atoms with Gasteiger partial charge < -0.3 is 15.1 Å². The molecule has 0 radical (unpaired) electrons. The van der Waals surface area contributed by atoms with Gasteiger partial charge >= 0.3 is 0 Å². The highest BCUT2D eigenvalue weighted by atomic mass is 15.4. The van der Waals surface area contributed by atoms with Crippen LogP contribution in [0.4, 0.5) is 28.6 Å².